The summed E-state index contributed by atoms with van der Waals surface area (Å²) in [5.74, 6) is 0.903. The van der Waals surface area contributed by atoms with Gasteiger partial charge in [0.1, 0.15) is 11.9 Å². The molecular weight excluding hydrogens is 226 g/mol. The Morgan fingerprint density at radius 2 is 2.00 bits per heavy atom. The Balaban J connectivity index is 1.54. The third-order valence-corrected chi connectivity index (χ3v) is 3.28. The maximum atomic E-state index is 5.85. The largest absolute Gasteiger partial charge is 0.467 e. The van der Waals surface area contributed by atoms with Crippen molar-refractivity contribution in [3.05, 3.63) is 60.1 Å². The highest BCUT2D eigenvalue weighted by Crippen LogP contribution is 2.21. The zero-order valence-corrected chi connectivity index (χ0v) is 10.2. The van der Waals surface area contributed by atoms with E-state index >= 15 is 0 Å². The lowest BCUT2D eigenvalue weighted by atomic mass is 10.0. The van der Waals surface area contributed by atoms with E-state index in [1.54, 1.807) is 6.26 Å². The van der Waals surface area contributed by atoms with Crippen molar-refractivity contribution in [3.63, 3.8) is 0 Å². The molecule has 1 aromatic carbocycles. The summed E-state index contributed by atoms with van der Waals surface area (Å²) in [6.07, 6.45) is 2.74. The Kier molecular flexibility index (Phi) is 3.44. The minimum Gasteiger partial charge on any atom is -0.467 e. The average molecular weight is 243 g/mol. The minimum atomic E-state index is 0.0482. The molecule has 2 aromatic rings. The predicted molar refractivity (Wildman–Crippen MR) is 69.3 cm³/mol. The molecule has 0 aliphatic carbocycles. The lowest BCUT2D eigenvalue weighted by Gasteiger charge is -2.29. The van der Waals surface area contributed by atoms with Crippen LogP contribution in [0.1, 0.15) is 17.4 Å². The van der Waals surface area contributed by atoms with E-state index in [0.29, 0.717) is 6.04 Å². The molecule has 3 rings (SSSR count). The van der Waals surface area contributed by atoms with Gasteiger partial charge in [0, 0.05) is 12.6 Å². The van der Waals surface area contributed by atoms with E-state index in [1.165, 1.54) is 5.56 Å². The van der Waals surface area contributed by atoms with Gasteiger partial charge in [-0.15, -0.1) is 0 Å². The Hall–Kier alpha value is -1.58. The van der Waals surface area contributed by atoms with E-state index < -0.39 is 0 Å². The van der Waals surface area contributed by atoms with Crippen LogP contribution in [0.15, 0.2) is 53.1 Å². The van der Waals surface area contributed by atoms with Gasteiger partial charge in [0.25, 0.3) is 0 Å². The summed E-state index contributed by atoms with van der Waals surface area (Å²) in [4.78, 5) is 0. The van der Waals surface area contributed by atoms with E-state index in [2.05, 4.69) is 29.6 Å². The number of ether oxygens (including phenoxy) is 1. The standard InChI is InChI=1S/C15H17NO2/c1-2-5-12(6-3-1)9-13-11-18-15(10-16-13)14-7-4-8-17-14/h1-8,13,15-16H,9-11H2. The lowest BCUT2D eigenvalue weighted by Crippen LogP contribution is -2.43. The van der Waals surface area contributed by atoms with Crippen LogP contribution in [0.3, 0.4) is 0 Å². The molecule has 1 saturated heterocycles. The normalized spacial score (nSPS) is 24.0. The highest BCUT2D eigenvalue weighted by atomic mass is 16.5. The van der Waals surface area contributed by atoms with E-state index in [0.717, 1.165) is 25.3 Å². The molecule has 0 radical (unpaired) electrons. The topological polar surface area (TPSA) is 34.4 Å². The number of benzene rings is 1. The first-order valence-corrected chi connectivity index (χ1v) is 6.34. The maximum Gasteiger partial charge on any atom is 0.133 e. The Morgan fingerprint density at radius 3 is 2.67 bits per heavy atom. The van der Waals surface area contributed by atoms with Gasteiger partial charge in [-0.1, -0.05) is 30.3 Å². The molecule has 94 valence electrons. The van der Waals surface area contributed by atoms with Crippen molar-refractivity contribution in [2.45, 2.75) is 18.6 Å². The Morgan fingerprint density at radius 1 is 1.11 bits per heavy atom. The van der Waals surface area contributed by atoms with Crippen LogP contribution >= 0.6 is 0 Å². The molecule has 1 aliphatic heterocycles. The van der Waals surface area contributed by atoms with Gasteiger partial charge in [-0.25, -0.2) is 0 Å². The minimum absolute atomic E-state index is 0.0482. The van der Waals surface area contributed by atoms with Crippen molar-refractivity contribution < 1.29 is 9.15 Å². The van der Waals surface area contributed by atoms with E-state index in [1.807, 2.05) is 18.2 Å². The molecule has 2 heterocycles. The highest BCUT2D eigenvalue weighted by Gasteiger charge is 2.23. The monoisotopic (exact) mass is 243 g/mol. The number of morpholine rings is 1. The molecule has 2 unspecified atom stereocenters. The van der Waals surface area contributed by atoms with E-state index in [9.17, 15) is 0 Å². The van der Waals surface area contributed by atoms with Crippen molar-refractivity contribution >= 4 is 0 Å². The smallest absolute Gasteiger partial charge is 0.133 e. The van der Waals surface area contributed by atoms with Crippen LogP contribution in [-0.2, 0) is 11.2 Å². The molecule has 0 spiro atoms. The van der Waals surface area contributed by atoms with Gasteiger partial charge in [0.05, 0.1) is 12.9 Å². The summed E-state index contributed by atoms with van der Waals surface area (Å²) in [6.45, 7) is 1.53. The maximum absolute atomic E-state index is 5.85. The van der Waals surface area contributed by atoms with Crippen LogP contribution < -0.4 is 5.32 Å². The summed E-state index contributed by atoms with van der Waals surface area (Å²) in [5, 5.41) is 3.52. The number of nitrogens with one attached hydrogen (secondary N) is 1. The second kappa shape index (κ2) is 5.38. The first-order chi connectivity index (χ1) is 8.92. The third kappa shape index (κ3) is 2.63. The molecule has 3 nitrogen and oxygen atoms in total. The zero-order chi connectivity index (χ0) is 12.2. The first kappa shape index (κ1) is 11.5. The summed E-state index contributed by atoms with van der Waals surface area (Å²) >= 11 is 0. The quantitative estimate of drug-likeness (QED) is 0.899. The van der Waals surface area contributed by atoms with Gasteiger partial charge < -0.3 is 14.5 Å². The van der Waals surface area contributed by atoms with Crippen LogP contribution in [0.4, 0.5) is 0 Å². The Labute approximate surface area is 107 Å². The molecule has 0 saturated carbocycles. The molecule has 1 aliphatic rings. The van der Waals surface area contributed by atoms with Crippen molar-refractivity contribution in [2.75, 3.05) is 13.2 Å². The van der Waals surface area contributed by atoms with Gasteiger partial charge in [-0.3, -0.25) is 0 Å². The van der Waals surface area contributed by atoms with Crippen molar-refractivity contribution in [1.29, 1.82) is 0 Å². The van der Waals surface area contributed by atoms with Gasteiger partial charge in [-0.05, 0) is 24.1 Å². The highest BCUT2D eigenvalue weighted by molar-refractivity contribution is 5.16. The molecule has 1 N–H and O–H groups in total. The Bertz CT molecular complexity index is 459. The van der Waals surface area contributed by atoms with Gasteiger partial charge >= 0.3 is 0 Å². The lowest BCUT2D eigenvalue weighted by molar-refractivity contribution is -0.00858. The molecule has 1 aromatic heterocycles. The van der Waals surface area contributed by atoms with Gasteiger partial charge in [0.15, 0.2) is 0 Å². The molecular formula is C15H17NO2. The van der Waals surface area contributed by atoms with E-state index in [4.69, 9.17) is 9.15 Å². The van der Waals surface area contributed by atoms with Gasteiger partial charge in [0.2, 0.25) is 0 Å². The summed E-state index contributed by atoms with van der Waals surface area (Å²) in [7, 11) is 0. The fourth-order valence-corrected chi connectivity index (χ4v) is 2.31. The fourth-order valence-electron chi connectivity index (χ4n) is 2.31. The molecule has 2 atom stereocenters. The van der Waals surface area contributed by atoms with Crippen LogP contribution in [0.2, 0.25) is 0 Å². The molecule has 18 heavy (non-hydrogen) atoms. The van der Waals surface area contributed by atoms with E-state index in [-0.39, 0.29) is 6.10 Å². The number of furan rings is 1. The predicted octanol–water partition coefficient (Wildman–Crippen LogP) is 2.55. The van der Waals surface area contributed by atoms with Crippen LogP contribution in [0, 0.1) is 0 Å². The molecule has 1 fully saturated rings. The fraction of sp³-hybridized carbons (Fsp3) is 0.333. The summed E-state index contributed by atoms with van der Waals surface area (Å²) in [6, 6.07) is 14.7. The van der Waals surface area contributed by atoms with Crippen LogP contribution in [0.5, 0.6) is 0 Å². The summed E-state index contributed by atoms with van der Waals surface area (Å²) in [5.41, 5.74) is 1.34. The van der Waals surface area contributed by atoms with Crippen molar-refractivity contribution in [2.24, 2.45) is 0 Å². The van der Waals surface area contributed by atoms with Gasteiger partial charge in [-0.2, -0.15) is 0 Å². The second-order valence-corrected chi connectivity index (χ2v) is 4.63. The number of hydrogen-bond acceptors (Lipinski definition) is 3. The third-order valence-electron chi connectivity index (χ3n) is 3.28. The number of hydrogen-bond donors (Lipinski definition) is 1. The van der Waals surface area contributed by atoms with Crippen LogP contribution in [-0.4, -0.2) is 19.2 Å². The molecule has 0 amide bonds. The number of rotatable bonds is 3. The van der Waals surface area contributed by atoms with Crippen molar-refractivity contribution in [3.8, 4) is 0 Å². The SMILES string of the molecule is c1ccc(CC2COC(c3ccco3)CN2)cc1. The van der Waals surface area contributed by atoms with Crippen LogP contribution in [0.25, 0.3) is 0 Å². The summed E-state index contributed by atoms with van der Waals surface area (Å²) < 4.78 is 11.2. The average Bonchev–Trinajstić information content (AvgIpc) is 2.95. The molecule has 0 bridgehead atoms. The molecule has 3 heteroatoms. The zero-order valence-electron chi connectivity index (χ0n) is 10.2. The first-order valence-electron chi connectivity index (χ1n) is 6.34. The van der Waals surface area contributed by atoms with Crippen molar-refractivity contribution in [1.82, 2.24) is 5.32 Å². The second-order valence-electron chi connectivity index (χ2n) is 4.63.